The molecule has 12 nitrogen and oxygen atoms in total. The van der Waals surface area contributed by atoms with Gasteiger partial charge in [0.15, 0.2) is 0 Å². The summed E-state index contributed by atoms with van der Waals surface area (Å²) in [6.45, 7) is 2.08. The summed E-state index contributed by atoms with van der Waals surface area (Å²) in [5, 5.41) is 34.5. The summed E-state index contributed by atoms with van der Waals surface area (Å²) in [4.78, 5) is 36.1. The third kappa shape index (κ3) is 12.1. The lowest BCUT2D eigenvalue weighted by molar-refractivity contribution is -0.654. The van der Waals surface area contributed by atoms with Gasteiger partial charge in [-0.15, -0.1) is 0 Å². The van der Waals surface area contributed by atoms with Gasteiger partial charge >= 0.3 is 22.2 Å². The zero-order valence-electron chi connectivity index (χ0n) is 24.3. The molecule has 44 heavy (non-hydrogen) atoms. The Morgan fingerprint density at radius 2 is 0.864 bits per heavy atom. The van der Waals surface area contributed by atoms with E-state index in [1.54, 1.807) is 22.7 Å². The number of nitrogen functional groups attached to an aromatic ring is 2. The lowest BCUT2D eigenvalue weighted by Gasteiger charge is -2.03. The summed E-state index contributed by atoms with van der Waals surface area (Å²) in [6, 6.07) is 17.0. The van der Waals surface area contributed by atoms with Crippen LogP contribution in [0.25, 0.3) is 20.4 Å². The van der Waals surface area contributed by atoms with Gasteiger partial charge in [-0.25, -0.2) is 18.7 Å². The van der Waals surface area contributed by atoms with Crippen LogP contribution in [0.4, 0.5) is 10.3 Å². The van der Waals surface area contributed by atoms with Gasteiger partial charge in [0.2, 0.25) is 0 Å². The first kappa shape index (κ1) is 35.9. The minimum Gasteiger partial charge on any atom is -0.543 e. The normalized spacial score (nSPS) is 10.5. The maximum Gasteiger partial charge on any atom is 0.414 e. The maximum absolute atomic E-state index is 9.10. The lowest BCUT2D eigenvalue weighted by atomic mass is 10.1. The number of carbonyl (C=O) groups is 4. The van der Waals surface area contributed by atoms with E-state index in [-0.39, 0.29) is 0 Å². The van der Waals surface area contributed by atoms with Gasteiger partial charge in [-0.1, -0.05) is 62.8 Å². The van der Waals surface area contributed by atoms with Crippen LogP contribution >= 0.6 is 22.7 Å². The van der Waals surface area contributed by atoms with Crippen LogP contribution in [0.2, 0.25) is 0 Å². The van der Waals surface area contributed by atoms with Crippen LogP contribution in [0.1, 0.15) is 64.2 Å². The first-order chi connectivity index (χ1) is 21.0. The van der Waals surface area contributed by atoms with Gasteiger partial charge in [0.05, 0.1) is 34.4 Å². The average Bonchev–Trinajstić information content (AvgIpc) is 3.48. The fourth-order valence-electron chi connectivity index (χ4n) is 4.52. The average molecular weight is 647 g/mol. The van der Waals surface area contributed by atoms with Crippen LogP contribution in [-0.4, -0.2) is 34.1 Å². The number of benzene rings is 2. The first-order valence-corrected chi connectivity index (χ1v) is 15.9. The minimum atomic E-state index is -2.19. The van der Waals surface area contributed by atoms with Crippen LogP contribution in [-0.2, 0) is 32.3 Å². The molecule has 2 heterocycles. The topological polar surface area (TPSA) is 215 Å². The zero-order valence-corrected chi connectivity index (χ0v) is 25.9. The van der Waals surface area contributed by atoms with Crippen molar-refractivity contribution in [2.24, 2.45) is 0 Å². The van der Waals surface area contributed by atoms with E-state index < -0.39 is 23.9 Å². The minimum absolute atomic E-state index is 0.930. The second-order valence-corrected chi connectivity index (χ2v) is 12.0. The Morgan fingerprint density at radius 1 is 0.568 bits per heavy atom. The van der Waals surface area contributed by atoms with E-state index in [1.165, 1.54) is 84.6 Å². The number of rotatable bonds is 13. The Bertz CT molecular complexity index is 1400. The fraction of sp³-hybridized carbons (Fsp3) is 0.400. The zero-order chi connectivity index (χ0) is 32.5. The maximum atomic E-state index is 9.10. The Kier molecular flexibility index (Phi) is 15.6. The Hall–Kier alpha value is -4.30. The summed E-state index contributed by atoms with van der Waals surface area (Å²) in [7, 11) is 0. The number of carbonyl (C=O) groups excluding carboxylic acids is 2. The number of nitrogens with zero attached hydrogens (tertiary/aromatic N) is 2. The quantitative estimate of drug-likeness (QED) is 0.0942. The van der Waals surface area contributed by atoms with E-state index in [9.17, 15) is 0 Å². The predicted molar refractivity (Wildman–Crippen MR) is 164 cm³/mol. The van der Waals surface area contributed by atoms with Gasteiger partial charge < -0.3 is 30.0 Å². The van der Waals surface area contributed by atoms with Gasteiger partial charge in [-0.2, -0.15) is 0 Å². The van der Waals surface area contributed by atoms with Crippen molar-refractivity contribution in [1.29, 1.82) is 0 Å². The number of fused-ring (bicyclic) bond motifs is 2. The largest absolute Gasteiger partial charge is 0.543 e. The molecule has 2 aromatic carbocycles. The van der Waals surface area contributed by atoms with Crippen LogP contribution in [0.3, 0.4) is 0 Å². The number of hydrogen-bond donors (Lipinski definition) is 4. The standard InChI is InChI=1S/C26H34N4S2.2C2H2O4/c27-25-29(21-15-9-11-17-23(21)31-25)19-13-7-5-3-1-2-4-6-8-14-20-30-22-16-10-12-18-24(22)32-26(30)28;2*3-1(4)2(5)6/h9-12,15-18,27-28H,1-8,13-14,19-20H2;2*(H,3,4)(H,5,6). The second kappa shape index (κ2) is 19.1. The van der Waals surface area contributed by atoms with Gasteiger partial charge in [-0.3, -0.25) is 11.5 Å². The van der Waals surface area contributed by atoms with Crippen molar-refractivity contribution in [2.75, 3.05) is 11.5 Å². The Labute approximate surface area is 262 Å². The molecule has 0 radical (unpaired) electrons. The number of thiazole rings is 2. The number of nitrogens with two attached hydrogens (primary N) is 2. The molecule has 0 unspecified atom stereocenters. The molecule has 2 aromatic heterocycles. The highest BCUT2D eigenvalue weighted by atomic mass is 32.1. The van der Waals surface area contributed by atoms with Crippen molar-refractivity contribution in [1.82, 2.24) is 0 Å². The highest BCUT2D eigenvalue weighted by Gasteiger charge is 2.14. The number of aromatic nitrogens is 2. The molecule has 0 atom stereocenters. The first-order valence-electron chi connectivity index (χ1n) is 14.2. The van der Waals surface area contributed by atoms with E-state index in [1.807, 2.05) is 0 Å². The number of aliphatic carboxylic acids is 4. The van der Waals surface area contributed by atoms with E-state index in [2.05, 4.69) is 57.7 Å². The Balaban J connectivity index is 0.000000477. The number of hydrogen-bond acceptors (Lipinski definition) is 10. The highest BCUT2D eigenvalue weighted by Crippen LogP contribution is 2.23. The summed E-state index contributed by atoms with van der Waals surface area (Å²) in [6.07, 6.45) is 13.2. The third-order valence-corrected chi connectivity index (χ3v) is 8.63. The van der Waals surface area contributed by atoms with E-state index in [4.69, 9.17) is 51.1 Å². The molecular formula is C30H38N4O8S2. The molecule has 238 valence electrons. The summed E-state index contributed by atoms with van der Waals surface area (Å²) in [5.41, 5.74) is 15.0. The number of anilines is 2. The summed E-state index contributed by atoms with van der Waals surface area (Å²) < 4.78 is 7.14. The van der Waals surface area contributed by atoms with Gasteiger partial charge in [0, 0.05) is 0 Å². The summed E-state index contributed by atoms with van der Waals surface area (Å²) >= 11 is 3.39. The van der Waals surface area contributed by atoms with E-state index >= 15 is 0 Å². The highest BCUT2D eigenvalue weighted by molar-refractivity contribution is 7.21. The summed E-state index contributed by atoms with van der Waals surface area (Å²) in [5.74, 6) is -8.02. The number of unbranched alkanes of at least 4 members (excludes halogenated alkanes) is 9. The van der Waals surface area contributed by atoms with Crippen molar-refractivity contribution >= 4 is 77.2 Å². The van der Waals surface area contributed by atoms with Crippen LogP contribution in [0, 0.1) is 0 Å². The van der Waals surface area contributed by atoms with Crippen LogP contribution in [0.5, 0.6) is 0 Å². The molecule has 14 heteroatoms. The number of carboxylic acid groups (broad SMARTS) is 4. The van der Waals surface area contributed by atoms with E-state index in [0.717, 1.165) is 23.4 Å². The van der Waals surface area contributed by atoms with Gasteiger partial charge in [-0.05, 0) is 72.6 Å². The molecule has 0 aliphatic heterocycles. The van der Waals surface area contributed by atoms with Crippen molar-refractivity contribution in [3.05, 3.63) is 48.5 Å². The molecule has 0 saturated carbocycles. The Morgan fingerprint density at radius 3 is 1.16 bits per heavy atom. The molecule has 0 amide bonds. The van der Waals surface area contributed by atoms with Gasteiger partial charge in [0.25, 0.3) is 0 Å². The van der Waals surface area contributed by atoms with Crippen LogP contribution < -0.4 is 30.8 Å². The lowest BCUT2D eigenvalue weighted by Crippen LogP contribution is -2.42. The smallest absolute Gasteiger partial charge is 0.414 e. The molecule has 4 aromatic rings. The van der Waals surface area contributed by atoms with Crippen molar-refractivity contribution in [2.45, 2.75) is 77.3 Å². The van der Waals surface area contributed by atoms with E-state index in [0.29, 0.717) is 0 Å². The number of carboxylic acids is 4. The van der Waals surface area contributed by atoms with Crippen molar-refractivity contribution < 1.29 is 48.7 Å². The molecule has 0 spiro atoms. The fourth-order valence-corrected chi connectivity index (χ4v) is 6.43. The number of para-hydroxylation sites is 2. The molecular weight excluding hydrogens is 608 g/mol. The van der Waals surface area contributed by atoms with Crippen molar-refractivity contribution in [3.8, 4) is 0 Å². The monoisotopic (exact) mass is 646 g/mol. The molecule has 0 bridgehead atoms. The molecule has 4 rings (SSSR count). The third-order valence-electron chi connectivity index (χ3n) is 6.64. The molecule has 0 aliphatic rings. The van der Waals surface area contributed by atoms with Gasteiger partial charge in [0.1, 0.15) is 11.0 Å². The second-order valence-electron chi connectivity index (χ2n) is 9.84. The van der Waals surface area contributed by atoms with Crippen LogP contribution in [0.15, 0.2) is 48.5 Å². The number of aryl methyl sites for hydroxylation is 2. The molecule has 0 aliphatic carbocycles. The molecule has 0 fully saturated rings. The SMILES string of the molecule is Nc1sc2ccccc2[n+]1CCCCCCCCCCCC[n+]1c(N)sc2ccccc21.O=C(O)C(=O)O.O=C([O-])C(=O)[O-]. The molecule has 0 saturated heterocycles. The predicted octanol–water partition coefficient (Wildman–Crippen LogP) is 2.10. The van der Waals surface area contributed by atoms with Crippen molar-refractivity contribution in [3.63, 3.8) is 0 Å². The molecule has 6 N–H and O–H groups in total.